The molecule has 27 heavy (non-hydrogen) atoms. The molecule has 1 aromatic heterocycles. The maximum Gasteiger partial charge on any atom is 0.305 e. The van der Waals surface area contributed by atoms with Gasteiger partial charge in [0.25, 0.3) is 0 Å². The molecule has 1 aliphatic rings. The van der Waals surface area contributed by atoms with Crippen LogP contribution in [0.2, 0.25) is 0 Å². The van der Waals surface area contributed by atoms with Crippen molar-refractivity contribution in [3.05, 3.63) is 63.8 Å². The first-order valence-corrected chi connectivity index (χ1v) is 11.2. The Balaban J connectivity index is 1.34. The zero-order chi connectivity index (χ0) is 18.9. The standard InChI is InChI=1S/C19H21N3O3S2/c23-19-21-17-7-6-16(12-18(17)26-19)27(24,25)20-9-11-22-10-8-15(13-22)14-4-2-1-3-5-14/h1-7,12,15,20H,8-11,13H2,(H,21,23). The molecule has 8 heteroatoms. The number of hydrogen-bond acceptors (Lipinski definition) is 5. The van der Waals surface area contributed by atoms with Gasteiger partial charge in [0.2, 0.25) is 10.0 Å². The topological polar surface area (TPSA) is 82.3 Å². The van der Waals surface area contributed by atoms with Gasteiger partial charge in [-0.3, -0.25) is 4.79 Å². The normalized spacial score (nSPS) is 18.3. The van der Waals surface area contributed by atoms with Crippen molar-refractivity contribution in [1.82, 2.24) is 14.6 Å². The van der Waals surface area contributed by atoms with Crippen LogP contribution in [-0.2, 0) is 10.0 Å². The van der Waals surface area contributed by atoms with Crippen LogP contribution in [0.15, 0.2) is 58.2 Å². The second-order valence-electron chi connectivity index (χ2n) is 6.77. The van der Waals surface area contributed by atoms with Crippen LogP contribution >= 0.6 is 11.3 Å². The summed E-state index contributed by atoms with van der Waals surface area (Å²) in [5, 5.41) is 0. The van der Waals surface area contributed by atoms with E-state index in [2.05, 4.69) is 38.9 Å². The monoisotopic (exact) mass is 403 g/mol. The molecule has 0 bridgehead atoms. The molecule has 2 N–H and O–H groups in total. The van der Waals surface area contributed by atoms with E-state index in [9.17, 15) is 13.2 Å². The molecule has 0 spiro atoms. The van der Waals surface area contributed by atoms with E-state index in [0.717, 1.165) is 30.8 Å². The lowest BCUT2D eigenvalue weighted by Crippen LogP contribution is -2.33. The van der Waals surface area contributed by atoms with E-state index in [4.69, 9.17) is 0 Å². The number of H-pyrrole nitrogens is 1. The molecule has 0 radical (unpaired) electrons. The largest absolute Gasteiger partial charge is 0.312 e. The number of sulfonamides is 1. The highest BCUT2D eigenvalue weighted by atomic mass is 32.2. The highest BCUT2D eigenvalue weighted by molar-refractivity contribution is 7.89. The Morgan fingerprint density at radius 3 is 2.81 bits per heavy atom. The number of benzene rings is 2. The van der Waals surface area contributed by atoms with E-state index in [0.29, 0.717) is 29.2 Å². The molecule has 3 aromatic rings. The van der Waals surface area contributed by atoms with Crippen LogP contribution in [0, 0.1) is 0 Å². The summed E-state index contributed by atoms with van der Waals surface area (Å²) in [7, 11) is -3.59. The Hall–Kier alpha value is -2.00. The molecule has 0 saturated carbocycles. The molecule has 0 aliphatic carbocycles. The number of rotatable bonds is 6. The van der Waals surface area contributed by atoms with Gasteiger partial charge in [-0.1, -0.05) is 41.7 Å². The van der Waals surface area contributed by atoms with Crippen molar-refractivity contribution in [3.63, 3.8) is 0 Å². The smallest absolute Gasteiger partial charge is 0.305 e. The Kier molecular flexibility index (Phi) is 5.14. The van der Waals surface area contributed by atoms with Gasteiger partial charge in [0.1, 0.15) is 0 Å². The van der Waals surface area contributed by atoms with E-state index >= 15 is 0 Å². The van der Waals surface area contributed by atoms with E-state index in [1.165, 1.54) is 11.6 Å². The minimum absolute atomic E-state index is 0.186. The molecule has 1 fully saturated rings. The van der Waals surface area contributed by atoms with Crippen molar-refractivity contribution in [2.75, 3.05) is 26.2 Å². The molecule has 2 aromatic carbocycles. The highest BCUT2D eigenvalue weighted by Gasteiger charge is 2.24. The number of nitrogens with zero attached hydrogens (tertiary/aromatic N) is 1. The second kappa shape index (κ2) is 7.55. The molecule has 1 unspecified atom stereocenters. The third-order valence-electron chi connectivity index (χ3n) is 4.97. The number of hydrogen-bond donors (Lipinski definition) is 2. The van der Waals surface area contributed by atoms with Crippen molar-refractivity contribution in [3.8, 4) is 0 Å². The Labute approximate surface area is 161 Å². The molecule has 1 saturated heterocycles. The van der Waals surface area contributed by atoms with Gasteiger partial charge in [-0.05, 0) is 42.6 Å². The summed E-state index contributed by atoms with van der Waals surface area (Å²) in [6, 6.07) is 15.1. The fourth-order valence-electron chi connectivity index (χ4n) is 3.55. The zero-order valence-electron chi connectivity index (χ0n) is 14.7. The summed E-state index contributed by atoms with van der Waals surface area (Å²) in [6.07, 6.45) is 1.10. The van der Waals surface area contributed by atoms with E-state index in [-0.39, 0.29) is 9.77 Å². The summed E-state index contributed by atoms with van der Waals surface area (Å²) in [4.78, 5) is 16.4. The lowest BCUT2D eigenvalue weighted by Gasteiger charge is -2.16. The minimum Gasteiger partial charge on any atom is -0.312 e. The summed E-state index contributed by atoms with van der Waals surface area (Å²) >= 11 is 1.01. The van der Waals surface area contributed by atoms with Crippen LogP contribution in [0.4, 0.5) is 0 Å². The summed E-state index contributed by atoms with van der Waals surface area (Å²) in [6.45, 7) is 2.98. The van der Waals surface area contributed by atoms with Crippen molar-refractivity contribution in [1.29, 1.82) is 0 Å². The average molecular weight is 404 g/mol. The van der Waals surface area contributed by atoms with Crippen molar-refractivity contribution in [2.24, 2.45) is 0 Å². The molecule has 4 rings (SSSR count). The maximum absolute atomic E-state index is 12.5. The van der Waals surface area contributed by atoms with E-state index in [1.54, 1.807) is 12.1 Å². The van der Waals surface area contributed by atoms with Crippen LogP contribution in [0.3, 0.4) is 0 Å². The number of aromatic nitrogens is 1. The fraction of sp³-hybridized carbons (Fsp3) is 0.316. The number of thiazole rings is 1. The van der Waals surface area contributed by atoms with Crippen LogP contribution in [0.1, 0.15) is 17.9 Å². The van der Waals surface area contributed by atoms with Gasteiger partial charge >= 0.3 is 4.87 Å². The van der Waals surface area contributed by atoms with Gasteiger partial charge in [0.15, 0.2) is 0 Å². The lowest BCUT2D eigenvalue weighted by atomic mass is 9.99. The molecule has 1 aliphatic heterocycles. The predicted molar refractivity (Wildman–Crippen MR) is 108 cm³/mol. The van der Waals surface area contributed by atoms with Crippen molar-refractivity contribution >= 4 is 31.6 Å². The first-order valence-electron chi connectivity index (χ1n) is 8.91. The summed E-state index contributed by atoms with van der Waals surface area (Å²) in [5.74, 6) is 0.515. The SMILES string of the molecule is O=c1[nH]c2ccc(S(=O)(=O)NCCN3CCC(c4ccccc4)C3)cc2s1. The Bertz CT molecular complexity index is 1090. The maximum atomic E-state index is 12.5. The van der Waals surface area contributed by atoms with Gasteiger partial charge in [-0.15, -0.1) is 0 Å². The third kappa shape index (κ3) is 4.14. The first-order chi connectivity index (χ1) is 13.0. The zero-order valence-corrected chi connectivity index (χ0v) is 16.4. The van der Waals surface area contributed by atoms with Crippen LogP contribution in [0.5, 0.6) is 0 Å². The minimum atomic E-state index is -3.59. The second-order valence-corrected chi connectivity index (χ2v) is 9.55. The lowest BCUT2D eigenvalue weighted by molar-refractivity contribution is 0.339. The fourth-order valence-corrected chi connectivity index (χ4v) is 5.44. The number of likely N-dealkylation sites (tertiary alicyclic amines) is 1. The quantitative estimate of drug-likeness (QED) is 0.662. The first kappa shape index (κ1) is 18.4. The van der Waals surface area contributed by atoms with Gasteiger partial charge in [0.05, 0.1) is 15.1 Å². The molecule has 6 nitrogen and oxygen atoms in total. The summed E-state index contributed by atoms with van der Waals surface area (Å²) < 4.78 is 28.4. The van der Waals surface area contributed by atoms with Crippen LogP contribution in [0.25, 0.3) is 10.2 Å². The third-order valence-corrected chi connectivity index (χ3v) is 7.27. The Morgan fingerprint density at radius 1 is 1.19 bits per heavy atom. The molecule has 1 atom stereocenters. The van der Waals surface area contributed by atoms with Crippen molar-refractivity contribution < 1.29 is 8.42 Å². The molecule has 0 amide bonds. The predicted octanol–water partition coefficient (Wildman–Crippen LogP) is 2.36. The molecule has 142 valence electrons. The van der Waals surface area contributed by atoms with Crippen LogP contribution in [-0.4, -0.2) is 44.5 Å². The van der Waals surface area contributed by atoms with Crippen molar-refractivity contribution in [2.45, 2.75) is 17.2 Å². The molecular formula is C19H21N3O3S2. The molecule has 2 heterocycles. The average Bonchev–Trinajstić information content (AvgIpc) is 3.27. The number of aromatic amines is 1. The van der Waals surface area contributed by atoms with Gasteiger partial charge in [-0.2, -0.15) is 0 Å². The van der Waals surface area contributed by atoms with E-state index < -0.39 is 10.0 Å². The molecular weight excluding hydrogens is 382 g/mol. The summed E-state index contributed by atoms with van der Waals surface area (Å²) in [5.41, 5.74) is 2.01. The number of fused-ring (bicyclic) bond motifs is 1. The number of nitrogens with one attached hydrogen (secondary N) is 2. The van der Waals surface area contributed by atoms with Gasteiger partial charge in [0, 0.05) is 19.6 Å². The highest BCUT2D eigenvalue weighted by Crippen LogP contribution is 2.26. The Morgan fingerprint density at radius 2 is 2.00 bits per heavy atom. The van der Waals surface area contributed by atoms with Gasteiger partial charge < -0.3 is 9.88 Å². The van der Waals surface area contributed by atoms with Gasteiger partial charge in [-0.25, -0.2) is 13.1 Å². The van der Waals surface area contributed by atoms with E-state index in [1.807, 2.05) is 6.07 Å². The van der Waals surface area contributed by atoms with Crippen LogP contribution < -0.4 is 9.60 Å².